The van der Waals surface area contributed by atoms with E-state index in [0.717, 1.165) is 6.20 Å². The molecule has 0 saturated heterocycles. The Morgan fingerprint density at radius 1 is 1.47 bits per heavy atom. The van der Waals surface area contributed by atoms with Crippen LogP contribution >= 0.6 is 11.6 Å². The third-order valence-corrected chi connectivity index (χ3v) is 2.27. The summed E-state index contributed by atoms with van der Waals surface area (Å²) >= 11 is 5.48. The van der Waals surface area contributed by atoms with Crippen molar-refractivity contribution in [2.24, 2.45) is 5.73 Å². The number of anilines is 1. The number of nitrogens with zero attached hydrogens (tertiary/aromatic N) is 1. The zero-order chi connectivity index (χ0) is 13.3. The molecule has 1 amide bonds. The normalized spacial score (nSPS) is 15.2. The van der Waals surface area contributed by atoms with Gasteiger partial charge in [-0.3, -0.25) is 4.79 Å². The number of alkyl halides is 3. The molecule has 0 aliphatic carbocycles. The van der Waals surface area contributed by atoms with Gasteiger partial charge < -0.3 is 11.1 Å². The van der Waals surface area contributed by atoms with Gasteiger partial charge in [0.25, 0.3) is 5.91 Å². The Morgan fingerprint density at radius 3 is 2.47 bits per heavy atom. The van der Waals surface area contributed by atoms with Crippen LogP contribution < -0.4 is 11.1 Å². The summed E-state index contributed by atoms with van der Waals surface area (Å²) in [4.78, 5) is 15.0. The molecule has 4 nitrogen and oxygen atoms in total. The fourth-order valence-electron chi connectivity index (χ4n) is 0.839. The second kappa shape index (κ2) is 4.50. The summed E-state index contributed by atoms with van der Waals surface area (Å²) in [5.41, 5.74) is 2.05. The molecular weight excluding hydrogens is 259 g/mol. The molecule has 0 fully saturated rings. The molecule has 0 bridgehead atoms. The maximum absolute atomic E-state index is 12.4. The first-order valence-electron chi connectivity index (χ1n) is 4.43. The van der Waals surface area contributed by atoms with Gasteiger partial charge in [-0.05, 0) is 19.1 Å². The Balaban J connectivity index is 2.83. The van der Waals surface area contributed by atoms with Crippen LogP contribution in [0.3, 0.4) is 0 Å². The van der Waals surface area contributed by atoms with Crippen LogP contribution in [0.4, 0.5) is 18.9 Å². The lowest BCUT2D eigenvalue weighted by atomic mass is 10.0. The third kappa shape index (κ3) is 3.07. The summed E-state index contributed by atoms with van der Waals surface area (Å²) in [6.07, 6.45) is -3.70. The van der Waals surface area contributed by atoms with E-state index in [1.807, 2.05) is 5.32 Å². The minimum Gasteiger partial charge on any atom is -0.323 e. The Hall–Kier alpha value is -1.34. The van der Waals surface area contributed by atoms with Crippen LogP contribution in [0.1, 0.15) is 6.92 Å². The number of nitrogens with two attached hydrogens (primary N) is 1. The van der Waals surface area contributed by atoms with Gasteiger partial charge in [0, 0.05) is 0 Å². The fraction of sp³-hybridized carbons (Fsp3) is 0.333. The van der Waals surface area contributed by atoms with E-state index >= 15 is 0 Å². The van der Waals surface area contributed by atoms with Gasteiger partial charge in [0.2, 0.25) is 0 Å². The highest BCUT2D eigenvalue weighted by atomic mass is 35.5. The van der Waals surface area contributed by atoms with Crippen molar-refractivity contribution in [3.8, 4) is 0 Å². The second-order valence-corrected chi connectivity index (χ2v) is 3.91. The monoisotopic (exact) mass is 267 g/mol. The molecule has 0 aromatic carbocycles. The molecule has 1 unspecified atom stereocenters. The van der Waals surface area contributed by atoms with Gasteiger partial charge in [0.05, 0.1) is 11.9 Å². The fourth-order valence-corrected chi connectivity index (χ4v) is 0.951. The highest BCUT2D eigenvalue weighted by Gasteiger charge is 2.53. The van der Waals surface area contributed by atoms with Gasteiger partial charge in [0.1, 0.15) is 5.15 Å². The van der Waals surface area contributed by atoms with Crippen LogP contribution in [-0.4, -0.2) is 22.6 Å². The number of rotatable bonds is 2. The van der Waals surface area contributed by atoms with Crippen molar-refractivity contribution in [2.45, 2.75) is 18.6 Å². The predicted octanol–water partition coefficient (Wildman–Crippen LogP) is 1.95. The van der Waals surface area contributed by atoms with Crippen molar-refractivity contribution in [1.29, 1.82) is 0 Å². The third-order valence-electron chi connectivity index (χ3n) is 2.05. The highest BCUT2D eigenvalue weighted by Crippen LogP contribution is 2.28. The van der Waals surface area contributed by atoms with Crippen LogP contribution in [0.5, 0.6) is 0 Å². The first kappa shape index (κ1) is 13.7. The number of hydrogen-bond acceptors (Lipinski definition) is 3. The van der Waals surface area contributed by atoms with Crippen LogP contribution in [0.25, 0.3) is 0 Å². The van der Waals surface area contributed by atoms with E-state index in [-0.39, 0.29) is 10.8 Å². The lowest BCUT2D eigenvalue weighted by Gasteiger charge is -2.25. The quantitative estimate of drug-likeness (QED) is 0.805. The summed E-state index contributed by atoms with van der Waals surface area (Å²) in [6, 6.07) is 2.65. The Labute approximate surface area is 100.0 Å². The molecule has 1 aromatic rings. The molecule has 0 saturated carbocycles. The van der Waals surface area contributed by atoms with E-state index in [0.29, 0.717) is 6.92 Å². The van der Waals surface area contributed by atoms with E-state index in [2.05, 4.69) is 4.98 Å². The molecule has 1 atom stereocenters. The molecule has 1 heterocycles. The van der Waals surface area contributed by atoms with E-state index in [4.69, 9.17) is 17.3 Å². The van der Waals surface area contributed by atoms with Gasteiger partial charge in [-0.15, -0.1) is 0 Å². The van der Waals surface area contributed by atoms with E-state index in [1.165, 1.54) is 12.1 Å². The zero-order valence-electron chi connectivity index (χ0n) is 8.68. The summed E-state index contributed by atoms with van der Waals surface area (Å²) in [5, 5.41) is 2.17. The van der Waals surface area contributed by atoms with Crippen molar-refractivity contribution in [1.82, 2.24) is 4.98 Å². The van der Waals surface area contributed by atoms with E-state index in [1.54, 1.807) is 0 Å². The van der Waals surface area contributed by atoms with Crippen molar-refractivity contribution in [3.05, 3.63) is 23.5 Å². The maximum atomic E-state index is 12.4. The van der Waals surface area contributed by atoms with Gasteiger partial charge in [-0.2, -0.15) is 13.2 Å². The average Bonchev–Trinajstić information content (AvgIpc) is 2.19. The molecule has 0 aliphatic heterocycles. The number of nitrogens with one attached hydrogen (secondary N) is 1. The second-order valence-electron chi connectivity index (χ2n) is 3.52. The summed E-state index contributed by atoms with van der Waals surface area (Å²) in [6.45, 7) is 0.589. The number of halogens is 4. The lowest BCUT2D eigenvalue weighted by molar-refractivity contribution is -0.184. The number of hydrogen-bond donors (Lipinski definition) is 2. The van der Waals surface area contributed by atoms with Crippen molar-refractivity contribution in [2.75, 3.05) is 5.32 Å². The Bertz CT molecular complexity index is 416. The minimum atomic E-state index is -4.84. The Kier molecular flexibility index (Phi) is 3.63. The van der Waals surface area contributed by atoms with Crippen LogP contribution in [0.2, 0.25) is 5.15 Å². The topological polar surface area (TPSA) is 68.0 Å². The number of aromatic nitrogens is 1. The zero-order valence-corrected chi connectivity index (χ0v) is 9.43. The molecule has 8 heteroatoms. The van der Waals surface area contributed by atoms with Crippen molar-refractivity contribution < 1.29 is 18.0 Å². The first-order chi connectivity index (χ1) is 7.64. The highest BCUT2D eigenvalue weighted by molar-refractivity contribution is 6.29. The van der Waals surface area contributed by atoms with Gasteiger partial charge in [-0.1, -0.05) is 11.6 Å². The number of carbonyl (C=O) groups is 1. The van der Waals surface area contributed by atoms with Crippen LogP contribution in [0, 0.1) is 0 Å². The number of amides is 1. The number of pyridine rings is 1. The molecule has 0 radical (unpaired) electrons. The standard InChI is InChI=1S/C9H9ClF3N3O/c1-8(14,9(11,12)13)7(17)16-5-2-3-6(10)15-4-5/h2-4H,14H2,1H3,(H,16,17). The molecule has 17 heavy (non-hydrogen) atoms. The largest absolute Gasteiger partial charge is 0.415 e. The Morgan fingerprint density at radius 2 is 2.06 bits per heavy atom. The summed E-state index contributed by atoms with van der Waals surface area (Å²) < 4.78 is 37.3. The molecule has 0 aliphatic rings. The molecule has 3 N–H and O–H groups in total. The SMILES string of the molecule is CC(N)(C(=O)Nc1ccc(Cl)nc1)C(F)(F)F. The molecule has 94 valence electrons. The number of carbonyl (C=O) groups excluding carboxylic acids is 1. The summed E-state index contributed by atoms with van der Waals surface area (Å²) in [5.74, 6) is -1.37. The van der Waals surface area contributed by atoms with Crippen molar-refractivity contribution in [3.63, 3.8) is 0 Å². The molecule has 0 spiro atoms. The van der Waals surface area contributed by atoms with Gasteiger partial charge >= 0.3 is 6.18 Å². The van der Waals surface area contributed by atoms with Crippen LogP contribution in [-0.2, 0) is 4.79 Å². The van der Waals surface area contributed by atoms with Crippen molar-refractivity contribution >= 4 is 23.2 Å². The lowest BCUT2D eigenvalue weighted by Crippen LogP contribution is -2.59. The van der Waals surface area contributed by atoms with Gasteiger partial charge in [0.15, 0.2) is 5.54 Å². The average molecular weight is 268 g/mol. The maximum Gasteiger partial charge on any atom is 0.415 e. The van der Waals surface area contributed by atoms with E-state index < -0.39 is 17.6 Å². The smallest absolute Gasteiger partial charge is 0.323 e. The minimum absolute atomic E-state index is 0.0836. The summed E-state index contributed by atoms with van der Waals surface area (Å²) in [7, 11) is 0. The van der Waals surface area contributed by atoms with Gasteiger partial charge in [-0.25, -0.2) is 4.98 Å². The van der Waals surface area contributed by atoms with Crippen LogP contribution in [0.15, 0.2) is 18.3 Å². The predicted molar refractivity (Wildman–Crippen MR) is 56.5 cm³/mol. The molecule has 1 rings (SSSR count). The molecular formula is C9H9ClF3N3O. The molecule has 1 aromatic heterocycles. The first-order valence-corrected chi connectivity index (χ1v) is 4.81. The van der Waals surface area contributed by atoms with E-state index in [9.17, 15) is 18.0 Å².